The minimum Gasteiger partial charge on any atom is -0.396 e. The van der Waals surface area contributed by atoms with Gasteiger partial charge in [0, 0.05) is 30.3 Å². The van der Waals surface area contributed by atoms with E-state index in [9.17, 15) is 5.11 Å². The molecule has 0 aliphatic heterocycles. The van der Waals surface area contributed by atoms with E-state index in [4.69, 9.17) is 0 Å². The van der Waals surface area contributed by atoms with Crippen LogP contribution in [0.3, 0.4) is 0 Å². The number of benzene rings is 1. The van der Waals surface area contributed by atoms with E-state index in [2.05, 4.69) is 40.8 Å². The molecular weight excluding hydrogens is 248 g/mol. The topological polar surface area (TPSA) is 48.0 Å². The highest BCUT2D eigenvalue weighted by Crippen LogP contribution is 2.29. The molecule has 3 N–H and O–H groups in total. The Bertz CT molecular complexity index is 549. The zero-order valence-corrected chi connectivity index (χ0v) is 11.9. The number of hydrogen-bond acceptors (Lipinski definition) is 2. The minimum absolute atomic E-state index is 0.347. The van der Waals surface area contributed by atoms with Crippen LogP contribution < -0.4 is 5.32 Å². The van der Waals surface area contributed by atoms with Crippen molar-refractivity contribution in [3.63, 3.8) is 0 Å². The molecule has 2 atom stereocenters. The van der Waals surface area contributed by atoms with Gasteiger partial charge in [-0.15, -0.1) is 0 Å². The third kappa shape index (κ3) is 2.89. The van der Waals surface area contributed by atoms with E-state index in [0.717, 1.165) is 13.1 Å². The second-order valence-electron chi connectivity index (χ2n) is 5.98. The van der Waals surface area contributed by atoms with Crippen molar-refractivity contribution in [3.05, 3.63) is 36.0 Å². The zero-order valence-electron chi connectivity index (χ0n) is 11.9. The lowest BCUT2D eigenvalue weighted by molar-refractivity contribution is 0.133. The number of hydrogen-bond donors (Lipinski definition) is 3. The lowest BCUT2D eigenvalue weighted by Gasteiger charge is -2.30. The number of para-hydroxylation sites is 1. The van der Waals surface area contributed by atoms with E-state index in [1.807, 2.05) is 0 Å². The van der Waals surface area contributed by atoms with Crippen LogP contribution >= 0.6 is 0 Å². The first-order valence-corrected chi connectivity index (χ1v) is 7.75. The van der Waals surface area contributed by atoms with E-state index in [1.54, 1.807) is 0 Å². The number of aliphatic hydroxyl groups excluding tert-OH is 1. The van der Waals surface area contributed by atoms with Crippen LogP contribution in [-0.2, 0) is 6.54 Å². The maximum absolute atomic E-state index is 9.45. The van der Waals surface area contributed by atoms with Crippen LogP contribution in [0.4, 0.5) is 0 Å². The first-order chi connectivity index (χ1) is 9.88. The highest BCUT2D eigenvalue weighted by atomic mass is 16.3. The summed E-state index contributed by atoms with van der Waals surface area (Å²) < 4.78 is 0. The predicted molar refractivity (Wildman–Crippen MR) is 82.5 cm³/mol. The monoisotopic (exact) mass is 272 g/mol. The summed E-state index contributed by atoms with van der Waals surface area (Å²) in [7, 11) is 0. The Kier molecular flexibility index (Phi) is 4.38. The molecule has 108 valence electrons. The van der Waals surface area contributed by atoms with Gasteiger partial charge in [0.1, 0.15) is 0 Å². The van der Waals surface area contributed by atoms with Gasteiger partial charge in [-0.1, -0.05) is 31.0 Å². The van der Waals surface area contributed by atoms with Crippen molar-refractivity contribution in [1.29, 1.82) is 0 Å². The molecule has 3 heteroatoms. The third-order valence-electron chi connectivity index (χ3n) is 4.70. The molecule has 0 amide bonds. The molecule has 1 fully saturated rings. The normalized spacial score (nSPS) is 23.2. The van der Waals surface area contributed by atoms with Crippen molar-refractivity contribution in [2.24, 2.45) is 11.8 Å². The molecule has 3 nitrogen and oxygen atoms in total. The second-order valence-corrected chi connectivity index (χ2v) is 5.98. The molecule has 1 heterocycles. The molecule has 1 saturated carbocycles. The van der Waals surface area contributed by atoms with Gasteiger partial charge in [0.2, 0.25) is 0 Å². The Morgan fingerprint density at radius 1 is 1.15 bits per heavy atom. The van der Waals surface area contributed by atoms with Gasteiger partial charge >= 0.3 is 0 Å². The number of H-pyrrole nitrogens is 1. The molecule has 1 aromatic heterocycles. The van der Waals surface area contributed by atoms with Crippen molar-refractivity contribution in [3.8, 4) is 0 Å². The van der Waals surface area contributed by atoms with Crippen LogP contribution in [-0.4, -0.2) is 23.2 Å². The van der Waals surface area contributed by atoms with Gasteiger partial charge in [-0.25, -0.2) is 0 Å². The number of aromatic amines is 1. The summed E-state index contributed by atoms with van der Waals surface area (Å²) in [4.78, 5) is 3.32. The first kappa shape index (κ1) is 13.7. The van der Waals surface area contributed by atoms with Gasteiger partial charge < -0.3 is 15.4 Å². The van der Waals surface area contributed by atoms with Crippen molar-refractivity contribution in [2.45, 2.75) is 32.2 Å². The van der Waals surface area contributed by atoms with Crippen molar-refractivity contribution in [1.82, 2.24) is 10.3 Å². The van der Waals surface area contributed by atoms with Gasteiger partial charge in [0.05, 0.1) is 0 Å². The number of nitrogens with one attached hydrogen (secondary N) is 2. The Morgan fingerprint density at radius 2 is 1.95 bits per heavy atom. The smallest absolute Gasteiger partial charge is 0.0462 e. The van der Waals surface area contributed by atoms with Crippen LogP contribution in [0.15, 0.2) is 30.5 Å². The number of fused-ring (bicyclic) bond motifs is 1. The quantitative estimate of drug-likeness (QED) is 0.783. The summed E-state index contributed by atoms with van der Waals surface area (Å²) in [5.74, 6) is 1.14. The summed E-state index contributed by atoms with van der Waals surface area (Å²) in [5, 5.41) is 14.3. The Labute approximate surface area is 120 Å². The van der Waals surface area contributed by atoms with Gasteiger partial charge in [0.25, 0.3) is 0 Å². The van der Waals surface area contributed by atoms with Crippen molar-refractivity contribution < 1.29 is 5.11 Å². The van der Waals surface area contributed by atoms with Crippen LogP contribution in [0, 0.1) is 11.8 Å². The molecule has 2 unspecified atom stereocenters. The SMILES string of the molecule is OCC1CCCCC1CNCc1c[nH]c2ccccc12. The van der Waals surface area contributed by atoms with Gasteiger partial charge in [0.15, 0.2) is 0 Å². The van der Waals surface area contributed by atoms with Gasteiger partial charge in [-0.3, -0.25) is 0 Å². The van der Waals surface area contributed by atoms with Crippen molar-refractivity contribution >= 4 is 10.9 Å². The second kappa shape index (κ2) is 6.42. The van der Waals surface area contributed by atoms with Crippen LogP contribution in [0.5, 0.6) is 0 Å². The van der Waals surface area contributed by atoms with Crippen LogP contribution in [0.25, 0.3) is 10.9 Å². The zero-order chi connectivity index (χ0) is 13.8. The van der Waals surface area contributed by atoms with Gasteiger partial charge in [-0.05, 0) is 42.9 Å². The number of aromatic nitrogens is 1. The Balaban J connectivity index is 1.57. The molecule has 0 saturated heterocycles. The number of rotatable bonds is 5. The average molecular weight is 272 g/mol. The highest BCUT2D eigenvalue weighted by molar-refractivity contribution is 5.82. The highest BCUT2D eigenvalue weighted by Gasteiger charge is 2.23. The van der Waals surface area contributed by atoms with Crippen molar-refractivity contribution in [2.75, 3.05) is 13.2 Å². The fourth-order valence-electron chi connectivity index (χ4n) is 3.46. The van der Waals surface area contributed by atoms with E-state index in [1.165, 1.54) is 42.1 Å². The molecule has 20 heavy (non-hydrogen) atoms. The Morgan fingerprint density at radius 3 is 2.80 bits per heavy atom. The lowest BCUT2D eigenvalue weighted by atomic mass is 9.79. The molecule has 0 bridgehead atoms. The van der Waals surface area contributed by atoms with Gasteiger partial charge in [-0.2, -0.15) is 0 Å². The summed E-state index contributed by atoms with van der Waals surface area (Å²) in [6, 6.07) is 8.42. The molecular formula is C17H24N2O. The van der Waals surface area contributed by atoms with E-state index in [-0.39, 0.29) is 0 Å². The lowest BCUT2D eigenvalue weighted by Crippen LogP contribution is -2.32. The minimum atomic E-state index is 0.347. The summed E-state index contributed by atoms with van der Waals surface area (Å²) in [6.07, 6.45) is 7.14. The molecule has 1 aliphatic carbocycles. The molecule has 1 aliphatic rings. The molecule has 2 aromatic rings. The van der Waals surface area contributed by atoms with E-state index >= 15 is 0 Å². The summed E-state index contributed by atoms with van der Waals surface area (Å²) >= 11 is 0. The third-order valence-corrected chi connectivity index (χ3v) is 4.70. The fourth-order valence-corrected chi connectivity index (χ4v) is 3.46. The maximum Gasteiger partial charge on any atom is 0.0462 e. The molecule has 1 aromatic carbocycles. The predicted octanol–water partition coefficient (Wildman–Crippen LogP) is 3.06. The molecule has 0 radical (unpaired) electrons. The Hall–Kier alpha value is -1.32. The molecule has 0 spiro atoms. The maximum atomic E-state index is 9.45. The summed E-state index contributed by atoms with van der Waals surface area (Å²) in [5.41, 5.74) is 2.53. The number of aliphatic hydroxyl groups is 1. The van der Waals surface area contributed by atoms with Crippen LogP contribution in [0.1, 0.15) is 31.2 Å². The van der Waals surface area contributed by atoms with E-state index < -0.39 is 0 Å². The fraction of sp³-hybridized carbons (Fsp3) is 0.529. The average Bonchev–Trinajstić information content (AvgIpc) is 2.91. The first-order valence-electron chi connectivity index (χ1n) is 7.75. The molecule has 3 rings (SSSR count). The summed E-state index contributed by atoms with van der Waals surface area (Å²) in [6.45, 7) is 2.27. The standard InChI is InChI=1S/C17H24N2O/c20-12-14-6-2-1-5-13(14)9-18-10-15-11-19-17-8-4-3-7-16(15)17/h3-4,7-8,11,13-14,18-20H,1-2,5-6,9-10,12H2. The van der Waals surface area contributed by atoms with E-state index in [0.29, 0.717) is 18.4 Å². The largest absolute Gasteiger partial charge is 0.396 e. The van der Waals surface area contributed by atoms with Crippen LogP contribution in [0.2, 0.25) is 0 Å².